The van der Waals surface area contributed by atoms with Crippen molar-refractivity contribution in [2.75, 3.05) is 37.9 Å². The van der Waals surface area contributed by atoms with E-state index >= 15 is 0 Å². The highest BCUT2D eigenvalue weighted by Gasteiger charge is 2.11. The van der Waals surface area contributed by atoms with E-state index in [2.05, 4.69) is 25.9 Å². The molecule has 1 rings (SSSR count). The number of amides is 1. The van der Waals surface area contributed by atoms with Gasteiger partial charge >= 0.3 is 0 Å². The molecule has 0 spiro atoms. The molecule has 0 aliphatic carbocycles. The zero-order valence-corrected chi connectivity index (χ0v) is 10.9. The van der Waals surface area contributed by atoms with Crippen LogP contribution in [-0.4, -0.2) is 43.1 Å². The fourth-order valence-electron chi connectivity index (χ4n) is 1.41. The molecule has 0 aliphatic rings. The van der Waals surface area contributed by atoms with Crippen LogP contribution in [0.5, 0.6) is 5.75 Å². The van der Waals surface area contributed by atoms with Gasteiger partial charge in [-0.25, -0.2) is 9.97 Å². The summed E-state index contributed by atoms with van der Waals surface area (Å²) in [6.45, 7) is 3.20. The molecule has 0 radical (unpaired) electrons. The van der Waals surface area contributed by atoms with Crippen LogP contribution >= 0.6 is 0 Å². The van der Waals surface area contributed by atoms with Crippen molar-refractivity contribution in [1.82, 2.24) is 15.3 Å². The number of carbonyl (C=O) groups is 1. The molecule has 7 heteroatoms. The van der Waals surface area contributed by atoms with Crippen molar-refractivity contribution in [3.8, 4) is 5.75 Å². The van der Waals surface area contributed by atoms with Crippen LogP contribution in [0.1, 0.15) is 13.3 Å². The van der Waals surface area contributed by atoms with Gasteiger partial charge < -0.3 is 20.7 Å². The first-order chi connectivity index (χ1) is 8.72. The number of aromatic nitrogens is 2. The van der Waals surface area contributed by atoms with Crippen molar-refractivity contribution in [2.45, 2.75) is 13.3 Å². The number of nitrogens with zero attached hydrogens (tertiary/aromatic N) is 2. The van der Waals surface area contributed by atoms with E-state index in [1.807, 2.05) is 6.92 Å². The predicted octanol–water partition coefficient (Wildman–Crippen LogP) is 0.465. The van der Waals surface area contributed by atoms with Gasteiger partial charge in [-0.15, -0.1) is 0 Å². The highest BCUT2D eigenvalue weighted by Crippen LogP contribution is 2.28. The molecule has 0 atom stereocenters. The van der Waals surface area contributed by atoms with Gasteiger partial charge in [-0.3, -0.25) is 4.79 Å². The van der Waals surface area contributed by atoms with Gasteiger partial charge in [-0.05, 0) is 6.92 Å². The molecule has 0 saturated carbocycles. The summed E-state index contributed by atoms with van der Waals surface area (Å²) in [5, 5.41) is 8.69. The van der Waals surface area contributed by atoms with Crippen molar-refractivity contribution in [2.24, 2.45) is 0 Å². The smallest absolute Gasteiger partial charge is 0.221 e. The van der Waals surface area contributed by atoms with E-state index in [0.717, 1.165) is 6.54 Å². The monoisotopic (exact) mass is 253 g/mol. The third-order valence-electron chi connectivity index (χ3n) is 2.28. The van der Waals surface area contributed by atoms with Crippen LogP contribution in [0.2, 0.25) is 0 Å². The number of nitrogens with one attached hydrogen (secondary N) is 3. The Balaban J connectivity index is 2.69. The number of hydrogen-bond donors (Lipinski definition) is 3. The van der Waals surface area contributed by atoms with E-state index < -0.39 is 0 Å². The number of carbonyl (C=O) groups excluding carboxylic acids is 1. The van der Waals surface area contributed by atoms with Gasteiger partial charge in [0.1, 0.15) is 6.33 Å². The standard InChI is InChI=1S/C11H19N5O2/c1-4-13-10-9(18-3)11(16-7-15-10)14-6-5-8(17)12-2/h7H,4-6H2,1-3H3,(H,12,17)(H2,13,14,15,16). The van der Waals surface area contributed by atoms with E-state index in [9.17, 15) is 4.79 Å². The second-order valence-electron chi connectivity index (χ2n) is 3.48. The molecular formula is C11H19N5O2. The Morgan fingerprint density at radius 2 is 2.00 bits per heavy atom. The molecule has 100 valence electrons. The van der Waals surface area contributed by atoms with Crippen LogP contribution in [0.25, 0.3) is 0 Å². The first-order valence-corrected chi connectivity index (χ1v) is 5.80. The Hall–Kier alpha value is -2.05. The fraction of sp³-hybridized carbons (Fsp3) is 0.545. The zero-order valence-electron chi connectivity index (χ0n) is 10.9. The van der Waals surface area contributed by atoms with Crippen LogP contribution in [-0.2, 0) is 4.79 Å². The van der Waals surface area contributed by atoms with Crippen molar-refractivity contribution in [3.63, 3.8) is 0 Å². The number of rotatable bonds is 7. The van der Waals surface area contributed by atoms with E-state index in [1.165, 1.54) is 6.33 Å². The zero-order chi connectivity index (χ0) is 13.4. The molecule has 0 aromatic carbocycles. The highest BCUT2D eigenvalue weighted by molar-refractivity contribution is 5.76. The van der Waals surface area contributed by atoms with Gasteiger partial charge in [0.25, 0.3) is 0 Å². The molecule has 3 N–H and O–H groups in total. The lowest BCUT2D eigenvalue weighted by molar-refractivity contribution is -0.120. The summed E-state index contributed by atoms with van der Waals surface area (Å²) < 4.78 is 5.26. The Bertz CT molecular complexity index is 397. The third-order valence-corrected chi connectivity index (χ3v) is 2.28. The van der Waals surface area contributed by atoms with Crippen molar-refractivity contribution in [3.05, 3.63) is 6.33 Å². The van der Waals surface area contributed by atoms with Gasteiger partial charge in [0.05, 0.1) is 7.11 Å². The number of methoxy groups -OCH3 is 1. The van der Waals surface area contributed by atoms with Crippen LogP contribution in [0.15, 0.2) is 6.33 Å². The molecule has 1 aromatic rings. The van der Waals surface area contributed by atoms with Gasteiger partial charge in [-0.2, -0.15) is 0 Å². The molecule has 1 amide bonds. The summed E-state index contributed by atoms with van der Waals surface area (Å²) in [6.07, 6.45) is 1.82. The molecule has 0 unspecified atom stereocenters. The molecule has 1 heterocycles. The van der Waals surface area contributed by atoms with Crippen molar-refractivity contribution in [1.29, 1.82) is 0 Å². The van der Waals surface area contributed by atoms with Gasteiger partial charge in [0.15, 0.2) is 11.6 Å². The van der Waals surface area contributed by atoms with Crippen LogP contribution in [0, 0.1) is 0 Å². The van der Waals surface area contributed by atoms with E-state index in [4.69, 9.17) is 4.74 Å². The molecule has 0 fully saturated rings. The topological polar surface area (TPSA) is 88.2 Å². The Labute approximate surface area is 106 Å². The van der Waals surface area contributed by atoms with E-state index in [-0.39, 0.29) is 5.91 Å². The van der Waals surface area contributed by atoms with Gasteiger partial charge in [0, 0.05) is 26.6 Å². The van der Waals surface area contributed by atoms with Crippen LogP contribution < -0.4 is 20.7 Å². The summed E-state index contributed by atoms with van der Waals surface area (Å²) in [6, 6.07) is 0. The average Bonchev–Trinajstić information content (AvgIpc) is 2.39. The molecule has 0 bridgehead atoms. The number of hydrogen-bond acceptors (Lipinski definition) is 6. The maximum Gasteiger partial charge on any atom is 0.221 e. The third kappa shape index (κ3) is 3.76. The second kappa shape index (κ2) is 7.31. The molecule has 0 saturated heterocycles. The summed E-state index contributed by atoms with van der Waals surface area (Å²) in [7, 11) is 3.17. The maximum absolute atomic E-state index is 11.1. The second-order valence-corrected chi connectivity index (χ2v) is 3.48. The summed E-state index contributed by atoms with van der Waals surface area (Å²) in [4.78, 5) is 19.3. The summed E-state index contributed by atoms with van der Waals surface area (Å²) >= 11 is 0. The summed E-state index contributed by atoms with van der Waals surface area (Å²) in [5.41, 5.74) is 0. The van der Waals surface area contributed by atoms with Crippen LogP contribution in [0.3, 0.4) is 0 Å². The largest absolute Gasteiger partial charge is 0.490 e. The normalized spacial score (nSPS) is 9.72. The minimum atomic E-state index is -0.0255. The molecule has 7 nitrogen and oxygen atoms in total. The quantitative estimate of drug-likeness (QED) is 0.654. The first kappa shape index (κ1) is 14.0. The number of anilines is 2. The molecule has 0 aliphatic heterocycles. The SMILES string of the molecule is CCNc1ncnc(NCCC(=O)NC)c1OC. The fourth-order valence-corrected chi connectivity index (χ4v) is 1.41. The minimum Gasteiger partial charge on any atom is -0.490 e. The Morgan fingerprint density at radius 3 is 2.56 bits per heavy atom. The summed E-state index contributed by atoms with van der Waals surface area (Å²) in [5.74, 6) is 1.74. The van der Waals surface area contributed by atoms with Crippen molar-refractivity contribution >= 4 is 17.5 Å². The molecule has 18 heavy (non-hydrogen) atoms. The van der Waals surface area contributed by atoms with Gasteiger partial charge in [0.2, 0.25) is 11.7 Å². The number of ether oxygens (including phenoxy) is 1. The van der Waals surface area contributed by atoms with Crippen LogP contribution in [0.4, 0.5) is 11.6 Å². The predicted molar refractivity (Wildman–Crippen MR) is 69.9 cm³/mol. The van der Waals surface area contributed by atoms with Gasteiger partial charge in [-0.1, -0.05) is 0 Å². The lowest BCUT2D eigenvalue weighted by Gasteiger charge is -2.13. The van der Waals surface area contributed by atoms with E-state index in [1.54, 1.807) is 14.2 Å². The lowest BCUT2D eigenvalue weighted by Crippen LogP contribution is -2.21. The molecular weight excluding hydrogens is 234 g/mol. The maximum atomic E-state index is 11.1. The highest BCUT2D eigenvalue weighted by atomic mass is 16.5. The first-order valence-electron chi connectivity index (χ1n) is 5.80. The Kier molecular flexibility index (Phi) is 5.69. The van der Waals surface area contributed by atoms with E-state index in [0.29, 0.717) is 30.4 Å². The molecule has 1 aromatic heterocycles. The Morgan fingerprint density at radius 1 is 1.33 bits per heavy atom. The minimum absolute atomic E-state index is 0.0255. The van der Waals surface area contributed by atoms with Crippen molar-refractivity contribution < 1.29 is 9.53 Å². The average molecular weight is 253 g/mol. The lowest BCUT2D eigenvalue weighted by atomic mass is 10.4.